The minimum atomic E-state index is 0.517. The number of hydrogen-bond donors (Lipinski definition) is 0. The predicted octanol–water partition coefficient (Wildman–Crippen LogP) is 3.69. The van der Waals surface area contributed by atoms with Crippen LogP contribution in [0.5, 0.6) is 11.5 Å². The minimum absolute atomic E-state index is 0.517. The lowest BCUT2D eigenvalue weighted by atomic mass is 10.00. The second kappa shape index (κ2) is 4.71. The third kappa shape index (κ3) is 1.75. The molecule has 3 heterocycles. The van der Waals surface area contributed by atoms with Crippen LogP contribution in [0.1, 0.15) is 5.56 Å². The van der Waals surface area contributed by atoms with E-state index in [1.165, 1.54) is 0 Å². The third-order valence-corrected chi connectivity index (χ3v) is 4.62. The second-order valence-electron chi connectivity index (χ2n) is 5.99. The van der Waals surface area contributed by atoms with Crippen LogP contribution >= 0.6 is 0 Å². The highest BCUT2D eigenvalue weighted by molar-refractivity contribution is 6.05. The molecule has 5 heteroatoms. The summed E-state index contributed by atoms with van der Waals surface area (Å²) < 4.78 is 13.1. The first-order chi connectivity index (χ1) is 11.7. The number of methoxy groups -OCH3 is 1. The fourth-order valence-corrected chi connectivity index (χ4v) is 3.35. The summed E-state index contributed by atoms with van der Waals surface area (Å²) in [4.78, 5) is 4.98. The van der Waals surface area contributed by atoms with Crippen molar-refractivity contribution in [3.05, 3.63) is 48.2 Å². The Morgan fingerprint density at radius 2 is 2.08 bits per heavy atom. The van der Waals surface area contributed by atoms with E-state index in [1.54, 1.807) is 7.11 Å². The fraction of sp³-hybridized carbons (Fsp3) is 0.158. The molecule has 5 nitrogen and oxygen atoms in total. The molecule has 4 aromatic rings. The van der Waals surface area contributed by atoms with Crippen LogP contribution in [-0.4, -0.2) is 21.9 Å². The molecular formula is C19H15N3O2. The molecule has 2 aromatic heterocycles. The molecular weight excluding hydrogens is 302 g/mol. The number of aromatic nitrogens is 3. The van der Waals surface area contributed by atoms with Gasteiger partial charge in [0.1, 0.15) is 18.1 Å². The molecule has 0 spiro atoms. The largest absolute Gasteiger partial charge is 0.497 e. The van der Waals surface area contributed by atoms with Gasteiger partial charge < -0.3 is 9.47 Å². The molecule has 0 N–H and O–H groups in total. The quantitative estimate of drug-likeness (QED) is 0.537. The molecule has 0 aliphatic carbocycles. The van der Waals surface area contributed by atoms with Crippen LogP contribution in [0.4, 0.5) is 0 Å². The first kappa shape index (κ1) is 13.4. The number of ether oxygens (including phenoxy) is 2. The van der Waals surface area contributed by atoms with Crippen LogP contribution in [0.25, 0.3) is 33.1 Å². The zero-order valence-electron chi connectivity index (χ0n) is 13.4. The highest BCUT2D eigenvalue weighted by atomic mass is 16.5. The van der Waals surface area contributed by atoms with Crippen molar-refractivity contribution in [3.8, 4) is 22.8 Å². The molecule has 118 valence electrons. The summed E-state index contributed by atoms with van der Waals surface area (Å²) in [7, 11) is 3.60. The van der Waals surface area contributed by atoms with Gasteiger partial charge in [0, 0.05) is 35.0 Å². The lowest BCUT2D eigenvalue weighted by Crippen LogP contribution is -2.07. The predicted molar refractivity (Wildman–Crippen MR) is 92.3 cm³/mol. The van der Waals surface area contributed by atoms with E-state index in [4.69, 9.17) is 14.5 Å². The SMILES string of the molecule is COc1ccc2c(c1)OCc1cc3ccc4c(cnn4C)c3nc1-2. The van der Waals surface area contributed by atoms with Crippen molar-refractivity contribution in [1.29, 1.82) is 0 Å². The highest BCUT2D eigenvalue weighted by Crippen LogP contribution is 2.40. The van der Waals surface area contributed by atoms with E-state index >= 15 is 0 Å². The van der Waals surface area contributed by atoms with Crippen LogP contribution < -0.4 is 9.47 Å². The molecule has 2 aromatic carbocycles. The fourth-order valence-electron chi connectivity index (χ4n) is 3.35. The van der Waals surface area contributed by atoms with Gasteiger partial charge in [0.2, 0.25) is 0 Å². The maximum Gasteiger partial charge on any atom is 0.132 e. The van der Waals surface area contributed by atoms with Crippen molar-refractivity contribution < 1.29 is 9.47 Å². The Bertz CT molecular complexity index is 1110. The Hall–Kier alpha value is -3.08. The van der Waals surface area contributed by atoms with Crippen molar-refractivity contribution in [2.24, 2.45) is 7.05 Å². The standard InChI is InChI=1S/C19H15N3O2/c1-22-16-6-3-11-7-12-10-24-17-8-13(23-2)4-5-14(17)19(12)21-18(11)15(16)9-20-22/h3-9H,10H2,1-2H3. The van der Waals surface area contributed by atoms with E-state index in [9.17, 15) is 0 Å². The zero-order chi connectivity index (χ0) is 16.3. The summed E-state index contributed by atoms with van der Waals surface area (Å²) in [5.74, 6) is 1.60. The topological polar surface area (TPSA) is 49.2 Å². The van der Waals surface area contributed by atoms with Crippen LogP contribution in [0.15, 0.2) is 42.6 Å². The number of fused-ring (bicyclic) bond motifs is 6. The van der Waals surface area contributed by atoms with Gasteiger partial charge in [0.05, 0.1) is 30.0 Å². The first-order valence-corrected chi connectivity index (χ1v) is 7.80. The van der Waals surface area contributed by atoms with Gasteiger partial charge in [0.25, 0.3) is 0 Å². The van der Waals surface area contributed by atoms with E-state index in [0.717, 1.165) is 50.1 Å². The molecule has 1 aliphatic rings. The molecule has 24 heavy (non-hydrogen) atoms. The molecule has 0 atom stereocenters. The van der Waals surface area contributed by atoms with Gasteiger partial charge in [-0.3, -0.25) is 4.68 Å². The van der Waals surface area contributed by atoms with Crippen LogP contribution in [0.2, 0.25) is 0 Å². The summed E-state index contributed by atoms with van der Waals surface area (Å²) in [6.45, 7) is 0.517. The summed E-state index contributed by atoms with van der Waals surface area (Å²) in [6, 6.07) is 12.2. The number of hydrogen-bond acceptors (Lipinski definition) is 4. The van der Waals surface area contributed by atoms with Gasteiger partial charge in [-0.2, -0.15) is 5.10 Å². The lowest BCUT2D eigenvalue weighted by molar-refractivity contribution is 0.299. The van der Waals surface area contributed by atoms with Crippen molar-refractivity contribution in [2.45, 2.75) is 6.61 Å². The number of benzene rings is 2. The number of rotatable bonds is 1. The van der Waals surface area contributed by atoms with Gasteiger partial charge in [-0.05, 0) is 24.3 Å². The van der Waals surface area contributed by atoms with E-state index in [1.807, 2.05) is 36.1 Å². The summed E-state index contributed by atoms with van der Waals surface area (Å²) >= 11 is 0. The average molecular weight is 317 g/mol. The normalized spacial score (nSPS) is 12.8. The average Bonchev–Trinajstić information content (AvgIpc) is 3.01. The Kier molecular flexibility index (Phi) is 2.62. The zero-order valence-corrected chi connectivity index (χ0v) is 13.4. The van der Waals surface area contributed by atoms with Gasteiger partial charge in [0.15, 0.2) is 0 Å². The Labute approximate surface area is 138 Å². The first-order valence-electron chi connectivity index (χ1n) is 7.80. The smallest absolute Gasteiger partial charge is 0.132 e. The Balaban J connectivity index is 1.82. The van der Waals surface area contributed by atoms with E-state index in [0.29, 0.717) is 6.61 Å². The monoisotopic (exact) mass is 317 g/mol. The van der Waals surface area contributed by atoms with E-state index < -0.39 is 0 Å². The third-order valence-electron chi connectivity index (χ3n) is 4.62. The molecule has 1 aliphatic heterocycles. The number of aryl methyl sites for hydroxylation is 1. The van der Waals surface area contributed by atoms with Crippen LogP contribution in [0, 0.1) is 0 Å². The molecule has 0 saturated heterocycles. The molecule has 0 fully saturated rings. The highest BCUT2D eigenvalue weighted by Gasteiger charge is 2.21. The van der Waals surface area contributed by atoms with Crippen molar-refractivity contribution in [2.75, 3.05) is 7.11 Å². The summed E-state index contributed by atoms with van der Waals surface area (Å²) in [5.41, 5.74) is 5.13. The molecule has 0 bridgehead atoms. The molecule has 0 saturated carbocycles. The van der Waals surface area contributed by atoms with Crippen LogP contribution in [-0.2, 0) is 13.7 Å². The van der Waals surface area contributed by atoms with E-state index in [2.05, 4.69) is 23.3 Å². The van der Waals surface area contributed by atoms with Gasteiger partial charge in [-0.15, -0.1) is 0 Å². The van der Waals surface area contributed by atoms with Gasteiger partial charge in [-0.25, -0.2) is 4.98 Å². The summed E-state index contributed by atoms with van der Waals surface area (Å²) in [5, 5.41) is 6.54. The van der Waals surface area contributed by atoms with Crippen LogP contribution in [0.3, 0.4) is 0 Å². The number of nitrogens with zero attached hydrogens (tertiary/aromatic N) is 3. The lowest BCUT2D eigenvalue weighted by Gasteiger charge is -2.21. The maximum absolute atomic E-state index is 5.90. The van der Waals surface area contributed by atoms with Gasteiger partial charge in [-0.1, -0.05) is 6.07 Å². The van der Waals surface area contributed by atoms with E-state index in [-0.39, 0.29) is 0 Å². The van der Waals surface area contributed by atoms with Crippen molar-refractivity contribution in [3.63, 3.8) is 0 Å². The van der Waals surface area contributed by atoms with Gasteiger partial charge >= 0.3 is 0 Å². The second-order valence-corrected chi connectivity index (χ2v) is 5.99. The maximum atomic E-state index is 5.90. The molecule has 5 rings (SSSR count). The molecule has 0 amide bonds. The van der Waals surface area contributed by atoms with Crippen molar-refractivity contribution >= 4 is 21.8 Å². The molecule has 0 unspecified atom stereocenters. The molecule has 0 radical (unpaired) electrons. The number of pyridine rings is 1. The minimum Gasteiger partial charge on any atom is -0.497 e. The Morgan fingerprint density at radius 3 is 2.96 bits per heavy atom. The Morgan fingerprint density at radius 1 is 1.17 bits per heavy atom. The van der Waals surface area contributed by atoms with Crippen molar-refractivity contribution in [1.82, 2.24) is 14.8 Å². The summed E-state index contributed by atoms with van der Waals surface area (Å²) in [6.07, 6.45) is 1.88.